The van der Waals surface area contributed by atoms with Gasteiger partial charge in [-0.2, -0.15) is 5.10 Å². The van der Waals surface area contributed by atoms with Crippen LogP contribution in [-0.2, 0) is 9.84 Å². The van der Waals surface area contributed by atoms with E-state index in [1.807, 2.05) is 37.3 Å². The standard InChI is InChI=1S/C20H17ClN2O3S/c1-14-18(20(21)23(22-14)16-6-4-3-5-7-16)12-13-19(24)15-8-10-17(11-9-15)27(2,25)26/h3-13H,1-2H3/b13-12+. The van der Waals surface area contributed by atoms with Crippen LogP contribution >= 0.6 is 11.6 Å². The van der Waals surface area contributed by atoms with Gasteiger partial charge in [0.25, 0.3) is 0 Å². The van der Waals surface area contributed by atoms with Crippen LogP contribution in [0, 0.1) is 6.92 Å². The second-order valence-electron chi connectivity index (χ2n) is 6.03. The fourth-order valence-electron chi connectivity index (χ4n) is 2.56. The highest BCUT2D eigenvalue weighted by Gasteiger charge is 2.13. The van der Waals surface area contributed by atoms with Crippen LogP contribution in [0.1, 0.15) is 21.6 Å². The Labute approximate surface area is 162 Å². The van der Waals surface area contributed by atoms with E-state index in [-0.39, 0.29) is 10.7 Å². The van der Waals surface area contributed by atoms with Crippen molar-refractivity contribution in [1.29, 1.82) is 0 Å². The molecule has 7 heteroatoms. The van der Waals surface area contributed by atoms with Gasteiger partial charge in [-0.05, 0) is 55.5 Å². The number of nitrogens with zero attached hydrogens (tertiary/aromatic N) is 2. The van der Waals surface area contributed by atoms with E-state index < -0.39 is 9.84 Å². The number of para-hydroxylation sites is 1. The summed E-state index contributed by atoms with van der Waals surface area (Å²) in [7, 11) is -3.29. The fourth-order valence-corrected chi connectivity index (χ4v) is 3.53. The van der Waals surface area contributed by atoms with Gasteiger partial charge in [-0.1, -0.05) is 29.8 Å². The van der Waals surface area contributed by atoms with Crippen molar-refractivity contribution in [1.82, 2.24) is 9.78 Å². The minimum absolute atomic E-state index is 0.172. The smallest absolute Gasteiger partial charge is 0.185 e. The lowest BCUT2D eigenvalue weighted by molar-refractivity contribution is 0.104. The Morgan fingerprint density at radius 1 is 1.07 bits per heavy atom. The molecule has 3 aromatic rings. The van der Waals surface area contributed by atoms with Crippen LogP contribution in [0.15, 0.2) is 65.6 Å². The van der Waals surface area contributed by atoms with Crippen LogP contribution in [-0.4, -0.2) is 30.2 Å². The molecule has 0 aliphatic rings. The Morgan fingerprint density at radius 3 is 2.30 bits per heavy atom. The van der Waals surface area contributed by atoms with Crippen molar-refractivity contribution in [2.45, 2.75) is 11.8 Å². The molecule has 0 spiro atoms. The topological polar surface area (TPSA) is 69.0 Å². The molecule has 0 aliphatic carbocycles. The van der Waals surface area contributed by atoms with E-state index in [2.05, 4.69) is 5.10 Å². The van der Waals surface area contributed by atoms with Gasteiger partial charge in [-0.3, -0.25) is 4.79 Å². The van der Waals surface area contributed by atoms with Gasteiger partial charge in [0.05, 0.1) is 16.3 Å². The summed E-state index contributed by atoms with van der Waals surface area (Å²) in [4.78, 5) is 12.5. The number of benzene rings is 2. The van der Waals surface area contributed by atoms with Gasteiger partial charge in [-0.25, -0.2) is 13.1 Å². The molecule has 0 saturated carbocycles. The minimum atomic E-state index is -3.29. The number of ketones is 1. The largest absolute Gasteiger partial charge is 0.289 e. The first-order valence-corrected chi connectivity index (χ1v) is 10.4. The summed E-state index contributed by atoms with van der Waals surface area (Å²) >= 11 is 6.44. The lowest BCUT2D eigenvalue weighted by Crippen LogP contribution is -1.99. The molecule has 27 heavy (non-hydrogen) atoms. The van der Waals surface area contributed by atoms with E-state index in [9.17, 15) is 13.2 Å². The second kappa shape index (κ2) is 7.50. The first-order chi connectivity index (χ1) is 12.8. The minimum Gasteiger partial charge on any atom is -0.289 e. The van der Waals surface area contributed by atoms with Gasteiger partial charge in [0.1, 0.15) is 5.15 Å². The van der Waals surface area contributed by atoms with E-state index >= 15 is 0 Å². The van der Waals surface area contributed by atoms with Crippen molar-refractivity contribution >= 4 is 33.3 Å². The number of carbonyl (C=O) groups is 1. The maximum absolute atomic E-state index is 12.4. The number of aryl methyl sites for hydroxylation is 1. The number of aromatic nitrogens is 2. The summed E-state index contributed by atoms with van der Waals surface area (Å²) in [5.74, 6) is -0.252. The van der Waals surface area contributed by atoms with E-state index in [1.54, 1.807) is 10.8 Å². The Morgan fingerprint density at radius 2 is 1.70 bits per heavy atom. The Kier molecular flexibility index (Phi) is 5.30. The molecule has 0 radical (unpaired) electrons. The number of carbonyl (C=O) groups excluding carboxylic acids is 1. The van der Waals surface area contributed by atoms with E-state index in [1.165, 1.54) is 30.3 Å². The van der Waals surface area contributed by atoms with Gasteiger partial charge in [0.2, 0.25) is 0 Å². The monoisotopic (exact) mass is 400 g/mol. The number of rotatable bonds is 5. The third-order valence-electron chi connectivity index (χ3n) is 4.02. The normalized spacial score (nSPS) is 11.8. The average molecular weight is 401 g/mol. The molecule has 0 saturated heterocycles. The Bertz CT molecular complexity index is 1120. The first-order valence-electron chi connectivity index (χ1n) is 8.10. The third-order valence-corrected chi connectivity index (χ3v) is 5.51. The highest BCUT2D eigenvalue weighted by Crippen LogP contribution is 2.25. The molecule has 138 valence electrons. The fraction of sp³-hybridized carbons (Fsp3) is 0.100. The summed E-state index contributed by atoms with van der Waals surface area (Å²) in [6, 6.07) is 15.3. The van der Waals surface area contributed by atoms with Crippen molar-refractivity contribution in [3.8, 4) is 5.69 Å². The van der Waals surface area contributed by atoms with Gasteiger partial charge in [0.15, 0.2) is 15.6 Å². The predicted molar refractivity (Wildman–Crippen MR) is 106 cm³/mol. The molecule has 0 bridgehead atoms. The van der Waals surface area contributed by atoms with E-state index in [4.69, 9.17) is 11.6 Å². The van der Waals surface area contributed by atoms with Crippen molar-refractivity contribution in [3.05, 3.63) is 82.6 Å². The molecule has 5 nitrogen and oxygen atoms in total. The summed E-state index contributed by atoms with van der Waals surface area (Å²) in [6.07, 6.45) is 4.15. The molecule has 0 fully saturated rings. The SMILES string of the molecule is Cc1nn(-c2ccccc2)c(Cl)c1/C=C/C(=O)c1ccc(S(C)(=O)=O)cc1. The highest BCUT2D eigenvalue weighted by molar-refractivity contribution is 7.90. The number of allylic oxidation sites excluding steroid dienone is 1. The zero-order valence-corrected chi connectivity index (χ0v) is 16.3. The Balaban J connectivity index is 1.86. The zero-order valence-electron chi connectivity index (χ0n) is 14.8. The van der Waals surface area contributed by atoms with Crippen molar-refractivity contribution in [2.24, 2.45) is 0 Å². The van der Waals surface area contributed by atoms with Crippen molar-refractivity contribution < 1.29 is 13.2 Å². The molecule has 0 amide bonds. The molecule has 3 rings (SSSR count). The third kappa shape index (κ3) is 4.18. The van der Waals surface area contributed by atoms with E-state index in [0.717, 1.165) is 11.9 Å². The molecular formula is C20H17ClN2O3S. The van der Waals surface area contributed by atoms with Crippen molar-refractivity contribution in [2.75, 3.05) is 6.26 Å². The summed E-state index contributed by atoms with van der Waals surface area (Å²) < 4.78 is 24.6. The van der Waals surface area contributed by atoms with Gasteiger partial charge < -0.3 is 0 Å². The van der Waals surface area contributed by atoms with Gasteiger partial charge in [0, 0.05) is 17.4 Å². The molecule has 2 aromatic carbocycles. The molecule has 0 aliphatic heterocycles. The van der Waals surface area contributed by atoms with Gasteiger partial charge >= 0.3 is 0 Å². The summed E-state index contributed by atoms with van der Waals surface area (Å²) in [5, 5.41) is 4.84. The number of hydrogen-bond donors (Lipinski definition) is 0. The lowest BCUT2D eigenvalue weighted by Gasteiger charge is -2.02. The van der Waals surface area contributed by atoms with Crippen LogP contribution in [0.2, 0.25) is 5.15 Å². The lowest BCUT2D eigenvalue weighted by atomic mass is 10.1. The molecule has 0 atom stereocenters. The zero-order chi connectivity index (χ0) is 19.6. The van der Waals surface area contributed by atoms with Crippen molar-refractivity contribution in [3.63, 3.8) is 0 Å². The highest BCUT2D eigenvalue weighted by atomic mass is 35.5. The van der Waals surface area contributed by atoms with Crippen LogP contribution in [0.25, 0.3) is 11.8 Å². The maximum atomic E-state index is 12.4. The average Bonchev–Trinajstić information content (AvgIpc) is 2.94. The Hall–Kier alpha value is -2.70. The summed E-state index contributed by atoms with van der Waals surface area (Å²) in [6.45, 7) is 1.82. The van der Waals surface area contributed by atoms with Crippen LogP contribution < -0.4 is 0 Å². The molecule has 1 aromatic heterocycles. The maximum Gasteiger partial charge on any atom is 0.185 e. The first kappa shape index (κ1) is 19.1. The molecular weight excluding hydrogens is 384 g/mol. The number of sulfone groups is 1. The predicted octanol–water partition coefficient (Wildman–Crippen LogP) is 4.13. The van der Waals surface area contributed by atoms with Crippen LogP contribution in [0.5, 0.6) is 0 Å². The number of halogens is 1. The molecule has 0 unspecified atom stereocenters. The number of hydrogen-bond acceptors (Lipinski definition) is 4. The molecule has 1 heterocycles. The van der Waals surface area contributed by atoms with Gasteiger partial charge in [-0.15, -0.1) is 0 Å². The second-order valence-corrected chi connectivity index (χ2v) is 8.41. The molecule has 0 N–H and O–H groups in total. The quantitative estimate of drug-likeness (QED) is 0.477. The van der Waals surface area contributed by atoms with Crippen LogP contribution in [0.4, 0.5) is 0 Å². The summed E-state index contributed by atoms with van der Waals surface area (Å²) in [5.41, 5.74) is 2.57. The van der Waals surface area contributed by atoms with Crippen LogP contribution in [0.3, 0.4) is 0 Å². The van der Waals surface area contributed by atoms with E-state index in [0.29, 0.717) is 22.0 Å².